The molecule has 9 heteroatoms. The fraction of sp³-hybridized carbons (Fsp3) is 0.421. The number of pyridine rings is 1. The minimum Gasteiger partial charge on any atom is -0.465 e. The van der Waals surface area contributed by atoms with Gasteiger partial charge in [0, 0.05) is 25.4 Å². The van der Waals surface area contributed by atoms with Crippen LogP contribution in [0, 0.1) is 11.3 Å². The molecule has 28 heavy (non-hydrogen) atoms. The molecule has 1 N–H and O–H groups in total. The highest BCUT2D eigenvalue weighted by molar-refractivity contribution is 5.96. The molecule has 1 aliphatic rings. The van der Waals surface area contributed by atoms with E-state index in [9.17, 15) is 4.79 Å². The molecule has 2 aromatic rings. The van der Waals surface area contributed by atoms with Crippen molar-refractivity contribution in [2.24, 2.45) is 0 Å². The van der Waals surface area contributed by atoms with Crippen molar-refractivity contribution >= 4 is 23.3 Å². The molecule has 0 bridgehead atoms. The number of likely N-dealkylation sites (tertiary alicyclic amines) is 1. The van der Waals surface area contributed by atoms with E-state index in [2.05, 4.69) is 37.1 Å². The van der Waals surface area contributed by atoms with Crippen molar-refractivity contribution in [1.82, 2.24) is 19.9 Å². The summed E-state index contributed by atoms with van der Waals surface area (Å²) >= 11 is 0. The Labute approximate surface area is 164 Å². The highest BCUT2D eigenvalue weighted by atomic mass is 16.5. The zero-order valence-corrected chi connectivity index (χ0v) is 16.2. The number of methoxy groups -OCH3 is 1. The molecule has 1 aliphatic heterocycles. The van der Waals surface area contributed by atoms with E-state index in [1.54, 1.807) is 0 Å². The Hall–Kier alpha value is -3.25. The number of hydrogen-bond donors (Lipinski definition) is 1. The molecule has 0 unspecified atom stereocenters. The maximum Gasteiger partial charge on any atom is 0.341 e. The van der Waals surface area contributed by atoms with Crippen molar-refractivity contribution in [1.29, 1.82) is 5.26 Å². The summed E-state index contributed by atoms with van der Waals surface area (Å²) in [7, 11) is 5.46. The Balaban J connectivity index is 1.87. The predicted octanol–water partition coefficient (Wildman–Crippen LogP) is 1.80. The van der Waals surface area contributed by atoms with Crippen LogP contribution in [0.5, 0.6) is 0 Å². The van der Waals surface area contributed by atoms with Crippen molar-refractivity contribution in [3.63, 3.8) is 0 Å². The van der Waals surface area contributed by atoms with Gasteiger partial charge < -0.3 is 19.9 Å². The van der Waals surface area contributed by atoms with Crippen LogP contribution in [0.25, 0.3) is 0 Å². The van der Waals surface area contributed by atoms with E-state index in [0.29, 0.717) is 23.2 Å². The molecule has 0 aromatic carbocycles. The molecule has 0 atom stereocenters. The van der Waals surface area contributed by atoms with Crippen LogP contribution >= 0.6 is 0 Å². The Morgan fingerprint density at radius 2 is 1.96 bits per heavy atom. The van der Waals surface area contributed by atoms with Crippen molar-refractivity contribution < 1.29 is 9.53 Å². The molecule has 0 saturated carbocycles. The zero-order chi connectivity index (χ0) is 20.1. The number of piperidine rings is 1. The molecule has 2 aromatic heterocycles. The minimum absolute atomic E-state index is 0.238. The van der Waals surface area contributed by atoms with E-state index in [4.69, 9.17) is 10.00 Å². The van der Waals surface area contributed by atoms with E-state index in [0.717, 1.165) is 31.6 Å². The SMILES string of the molecule is COC(=O)c1cnc(Nc2cnc(C#N)cn2)cc1N(C)C1CCN(C)CC1. The Bertz CT molecular complexity index is 871. The number of carbonyl (C=O) groups is 1. The summed E-state index contributed by atoms with van der Waals surface area (Å²) in [6.45, 7) is 2.03. The van der Waals surface area contributed by atoms with Crippen LogP contribution in [0.15, 0.2) is 24.7 Å². The summed E-state index contributed by atoms with van der Waals surface area (Å²) in [5, 5.41) is 11.9. The third kappa shape index (κ3) is 4.35. The average molecular weight is 381 g/mol. The maximum atomic E-state index is 12.2. The van der Waals surface area contributed by atoms with Gasteiger partial charge in [0.05, 0.1) is 25.2 Å². The number of aromatic nitrogens is 3. The highest BCUT2D eigenvalue weighted by Gasteiger charge is 2.25. The van der Waals surface area contributed by atoms with Gasteiger partial charge in [-0.3, -0.25) is 0 Å². The number of esters is 1. The van der Waals surface area contributed by atoms with Gasteiger partial charge in [0.25, 0.3) is 0 Å². The second kappa shape index (κ2) is 8.63. The highest BCUT2D eigenvalue weighted by Crippen LogP contribution is 2.28. The second-order valence-electron chi connectivity index (χ2n) is 6.75. The standard InChI is InChI=1S/C19H23N7O2/c1-25-6-4-14(5-7-25)26(2)16-8-17(23-11-15(16)19(27)28-3)24-18-12-21-13(9-20)10-22-18/h8,10-12,14H,4-7H2,1-3H3,(H,22,23,24). The average Bonchev–Trinajstić information content (AvgIpc) is 2.73. The molecular weight excluding hydrogens is 358 g/mol. The molecule has 1 fully saturated rings. The molecule has 0 spiro atoms. The van der Waals surface area contributed by atoms with Gasteiger partial charge >= 0.3 is 5.97 Å². The number of hydrogen-bond acceptors (Lipinski definition) is 9. The van der Waals surface area contributed by atoms with E-state index >= 15 is 0 Å². The molecule has 0 aliphatic carbocycles. The lowest BCUT2D eigenvalue weighted by Gasteiger charge is -2.37. The third-order valence-corrected chi connectivity index (χ3v) is 4.93. The van der Waals surface area contributed by atoms with Gasteiger partial charge in [-0.15, -0.1) is 0 Å². The number of nitrogens with one attached hydrogen (secondary N) is 1. The minimum atomic E-state index is -0.424. The molecular formula is C19H23N7O2. The lowest BCUT2D eigenvalue weighted by molar-refractivity contribution is 0.0601. The van der Waals surface area contributed by atoms with Gasteiger partial charge in [0.15, 0.2) is 5.69 Å². The lowest BCUT2D eigenvalue weighted by Crippen LogP contribution is -2.42. The van der Waals surface area contributed by atoms with Crippen LogP contribution in [0.3, 0.4) is 0 Å². The zero-order valence-electron chi connectivity index (χ0n) is 16.2. The summed E-state index contributed by atoms with van der Waals surface area (Å²) < 4.78 is 4.93. The van der Waals surface area contributed by atoms with Crippen LogP contribution in [-0.4, -0.2) is 66.2 Å². The summed E-state index contributed by atoms with van der Waals surface area (Å²) in [5.74, 6) is 0.568. The topological polar surface area (TPSA) is 107 Å². The van der Waals surface area contributed by atoms with E-state index in [-0.39, 0.29) is 5.69 Å². The molecule has 146 valence electrons. The summed E-state index contributed by atoms with van der Waals surface area (Å²) in [6, 6.07) is 4.06. The number of anilines is 3. The molecule has 1 saturated heterocycles. The molecule has 0 amide bonds. The largest absolute Gasteiger partial charge is 0.465 e. The molecule has 9 nitrogen and oxygen atoms in total. The fourth-order valence-corrected chi connectivity index (χ4v) is 3.23. The van der Waals surface area contributed by atoms with Crippen LogP contribution in [0.2, 0.25) is 0 Å². The summed E-state index contributed by atoms with van der Waals surface area (Å²) in [4.78, 5) is 29.1. The van der Waals surface area contributed by atoms with E-state index in [1.165, 1.54) is 25.7 Å². The van der Waals surface area contributed by atoms with Crippen molar-refractivity contribution in [3.8, 4) is 6.07 Å². The first-order valence-electron chi connectivity index (χ1n) is 9.00. The van der Waals surface area contributed by atoms with Crippen molar-refractivity contribution in [3.05, 3.63) is 35.9 Å². The van der Waals surface area contributed by atoms with Gasteiger partial charge in [-0.25, -0.2) is 19.7 Å². The smallest absolute Gasteiger partial charge is 0.341 e. The Morgan fingerprint density at radius 3 is 2.57 bits per heavy atom. The Morgan fingerprint density at radius 1 is 1.25 bits per heavy atom. The number of ether oxygens (including phenoxy) is 1. The number of nitrogens with zero attached hydrogens (tertiary/aromatic N) is 6. The predicted molar refractivity (Wildman–Crippen MR) is 105 cm³/mol. The quantitative estimate of drug-likeness (QED) is 0.776. The number of rotatable bonds is 5. The number of nitriles is 1. The molecule has 3 rings (SSSR count). The first-order chi connectivity index (χ1) is 13.5. The summed E-state index contributed by atoms with van der Waals surface area (Å²) in [6.07, 6.45) is 6.39. The molecule has 3 heterocycles. The second-order valence-corrected chi connectivity index (χ2v) is 6.75. The maximum absolute atomic E-state index is 12.2. The summed E-state index contributed by atoms with van der Waals surface area (Å²) in [5.41, 5.74) is 1.41. The first kappa shape index (κ1) is 19.5. The van der Waals surface area contributed by atoms with E-state index < -0.39 is 5.97 Å². The van der Waals surface area contributed by atoms with Crippen LogP contribution in [0.1, 0.15) is 28.9 Å². The van der Waals surface area contributed by atoms with Crippen molar-refractivity contribution in [2.45, 2.75) is 18.9 Å². The van der Waals surface area contributed by atoms with Gasteiger partial charge in [0.1, 0.15) is 23.3 Å². The van der Waals surface area contributed by atoms with Gasteiger partial charge in [-0.2, -0.15) is 5.26 Å². The van der Waals surface area contributed by atoms with Crippen LogP contribution in [0.4, 0.5) is 17.3 Å². The fourth-order valence-electron chi connectivity index (χ4n) is 3.23. The first-order valence-corrected chi connectivity index (χ1v) is 9.00. The Kier molecular flexibility index (Phi) is 6.01. The van der Waals surface area contributed by atoms with Crippen molar-refractivity contribution in [2.75, 3.05) is 44.5 Å². The van der Waals surface area contributed by atoms with Gasteiger partial charge in [0.2, 0.25) is 0 Å². The monoisotopic (exact) mass is 381 g/mol. The van der Waals surface area contributed by atoms with Crippen LogP contribution < -0.4 is 10.2 Å². The van der Waals surface area contributed by atoms with Gasteiger partial charge in [-0.05, 0) is 33.0 Å². The number of carbonyl (C=O) groups excluding carboxylic acids is 1. The lowest BCUT2D eigenvalue weighted by atomic mass is 10.0. The third-order valence-electron chi connectivity index (χ3n) is 4.93. The normalized spacial score (nSPS) is 14.9. The van der Waals surface area contributed by atoms with Gasteiger partial charge in [-0.1, -0.05) is 0 Å². The van der Waals surface area contributed by atoms with Crippen LogP contribution in [-0.2, 0) is 4.74 Å². The van der Waals surface area contributed by atoms with E-state index in [1.807, 2.05) is 19.2 Å². The molecule has 0 radical (unpaired) electrons.